The van der Waals surface area contributed by atoms with Crippen LogP contribution in [-0.2, 0) is 16.4 Å². The highest BCUT2D eigenvalue weighted by Crippen LogP contribution is 2.39. The molecule has 1 aliphatic heterocycles. The summed E-state index contributed by atoms with van der Waals surface area (Å²) in [4.78, 5) is 0. The third kappa shape index (κ3) is 1.84. The molecule has 0 amide bonds. The Balaban J connectivity index is 2.58. The number of rotatable bonds is 1. The number of nitrogens with zero attached hydrogens (tertiary/aromatic N) is 1. The van der Waals surface area contributed by atoms with E-state index in [0.717, 1.165) is 12.1 Å². The van der Waals surface area contributed by atoms with Crippen LogP contribution in [0.5, 0.6) is 0 Å². The van der Waals surface area contributed by atoms with Crippen LogP contribution in [-0.4, -0.2) is 20.0 Å². The van der Waals surface area contributed by atoms with Crippen molar-refractivity contribution in [1.82, 2.24) is 0 Å². The Morgan fingerprint density at radius 3 is 2.50 bits per heavy atom. The zero-order valence-corrected chi connectivity index (χ0v) is 10.0. The van der Waals surface area contributed by atoms with E-state index in [1.165, 1.54) is 13.0 Å². The maximum atomic E-state index is 13.0. The molecule has 0 N–H and O–H groups in total. The fourth-order valence-electron chi connectivity index (χ4n) is 2.03. The van der Waals surface area contributed by atoms with E-state index in [9.17, 15) is 26.0 Å². The van der Waals surface area contributed by atoms with Gasteiger partial charge in [0.25, 0.3) is 0 Å². The van der Waals surface area contributed by atoms with Crippen LogP contribution in [0.25, 0.3) is 0 Å². The Kier molecular flexibility index (Phi) is 2.80. The summed E-state index contributed by atoms with van der Waals surface area (Å²) in [6, 6.07) is 2.32. The van der Waals surface area contributed by atoms with Crippen molar-refractivity contribution in [2.75, 3.05) is 4.31 Å². The van der Waals surface area contributed by atoms with Crippen molar-refractivity contribution in [2.24, 2.45) is 0 Å². The Morgan fingerprint density at radius 1 is 1.33 bits per heavy atom. The lowest BCUT2D eigenvalue weighted by Crippen LogP contribution is -2.43. The summed E-state index contributed by atoms with van der Waals surface area (Å²) >= 11 is 0. The van der Waals surface area contributed by atoms with Gasteiger partial charge in [-0.15, -0.1) is 0 Å². The molecule has 0 saturated carbocycles. The summed E-state index contributed by atoms with van der Waals surface area (Å²) in [5, 5.41) is 0. The second kappa shape index (κ2) is 3.84. The summed E-state index contributed by atoms with van der Waals surface area (Å²) in [5.41, 5.74) is -5.24. The predicted octanol–water partition coefficient (Wildman–Crippen LogP) is 2.43. The zero-order chi connectivity index (χ0) is 13.7. The minimum Gasteiger partial charge on any atom is -0.259 e. The first-order chi connectivity index (χ1) is 8.14. The monoisotopic (exact) mass is 283 g/mol. The van der Waals surface area contributed by atoms with E-state index in [4.69, 9.17) is 0 Å². The van der Waals surface area contributed by atoms with E-state index in [-0.39, 0.29) is 16.4 Å². The first kappa shape index (κ1) is 13.1. The Bertz CT molecular complexity index is 582. The van der Waals surface area contributed by atoms with Gasteiger partial charge in [-0.05, 0) is 31.0 Å². The third-order valence-electron chi connectivity index (χ3n) is 2.75. The molecule has 2 rings (SSSR count). The first-order valence-corrected chi connectivity index (χ1v) is 6.48. The summed E-state index contributed by atoms with van der Waals surface area (Å²) in [6.07, 6.45) is 0.130. The van der Waals surface area contributed by atoms with Gasteiger partial charge in [0.05, 0.1) is 5.69 Å². The van der Waals surface area contributed by atoms with Gasteiger partial charge in [-0.2, -0.15) is 21.6 Å². The van der Waals surface area contributed by atoms with Crippen LogP contribution < -0.4 is 4.31 Å². The van der Waals surface area contributed by atoms with Crippen LogP contribution in [0.2, 0.25) is 0 Å². The molecule has 18 heavy (non-hydrogen) atoms. The van der Waals surface area contributed by atoms with Gasteiger partial charge < -0.3 is 0 Å². The molecule has 3 nitrogen and oxygen atoms in total. The van der Waals surface area contributed by atoms with Crippen molar-refractivity contribution in [3.8, 4) is 0 Å². The lowest BCUT2D eigenvalue weighted by molar-refractivity contribution is -0.0439. The van der Waals surface area contributed by atoms with Crippen molar-refractivity contribution in [3.05, 3.63) is 29.6 Å². The molecule has 0 aliphatic carbocycles. The van der Waals surface area contributed by atoms with Gasteiger partial charge in [0.2, 0.25) is 0 Å². The number of fused-ring (bicyclic) bond motifs is 1. The van der Waals surface area contributed by atoms with E-state index in [1.807, 2.05) is 0 Å². The van der Waals surface area contributed by atoms with Gasteiger partial charge in [-0.3, -0.25) is 4.31 Å². The van der Waals surface area contributed by atoms with Gasteiger partial charge in [-0.25, -0.2) is 4.39 Å². The Morgan fingerprint density at radius 2 is 1.94 bits per heavy atom. The lowest BCUT2D eigenvalue weighted by atomic mass is 10.1. The van der Waals surface area contributed by atoms with Crippen molar-refractivity contribution in [2.45, 2.75) is 24.9 Å². The summed E-state index contributed by atoms with van der Waals surface area (Å²) < 4.78 is 73.7. The maximum Gasteiger partial charge on any atom is 0.516 e. The van der Waals surface area contributed by atoms with Crippen molar-refractivity contribution >= 4 is 15.7 Å². The largest absolute Gasteiger partial charge is 0.516 e. The number of sulfonamides is 1. The van der Waals surface area contributed by atoms with E-state index >= 15 is 0 Å². The number of anilines is 1. The fraction of sp³-hybridized carbons (Fsp3) is 0.400. The molecule has 1 aliphatic rings. The molecule has 0 aromatic heterocycles. The van der Waals surface area contributed by atoms with Gasteiger partial charge in [0, 0.05) is 6.04 Å². The van der Waals surface area contributed by atoms with Gasteiger partial charge >= 0.3 is 15.5 Å². The first-order valence-electron chi connectivity index (χ1n) is 5.03. The molecule has 0 spiro atoms. The topological polar surface area (TPSA) is 37.4 Å². The Hall–Kier alpha value is -1.31. The van der Waals surface area contributed by atoms with E-state index in [1.54, 1.807) is 0 Å². The molecule has 1 heterocycles. The molecule has 0 bridgehead atoms. The highest BCUT2D eigenvalue weighted by molar-refractivity contribution is 7.93. The summed E-state index contributed by atoms with van der Waals surface area (Å²) in [6.45, 7) is 1.35. The molecule has 0 saturated heterocycles. The van der Waals surface area contributed by atoms with Gasteiger partial charge in [0.1, 0.15) is 5.82 Å². The molecule has 0 radical (unpaired) electrons. The molecule has 0 unspecified atom stereocenters. The van der Waals surface area contributed by atoms with E-state index in [2.05, 4.69) is 0 Å². The molecule has 8 heteroatoms. The number of benzene rings is 1. The van der Waals surface area contributed by atoms with Gasteiger partial charge in [0.15, 0.2) is 0 Å². The molecule has 1 aromatic rings. The second-order valence-electron chi connectivity index (χ2n) is 4.07. The number of alkyl halides is 3. The van der Waals surface area contributed by atoms with Crippen molar-refractivity contribution < 1.29 is 26.0 Å². The van der Waals surface area contributed by atoms with E-state index in [0.29, 0.717) is 5.56 Å². The standard InChI is InChI=1S/C10H9F4NO2S/c1-6-4-7-2-3-8(11)5-9(7)15(6)18(16,17)10(12,13)14/h2-3,5-6H,4H2,1H3/t6-/m1/s1. The number of halogens is 4. The summed E-state index contributed by atoms with van der Waals surface area (Å²) in [5.74, 6) is -0.773. The Labute approximate surface area is 101 Å². The van der Waals surface area contributed by atoms with Crippen molar-refractivity contribution in [3.63, 3.8) is 0 Å². The molecule has 0 fully saturated rings. The highest BCUT2D eigenvalue weighted by atomic mass is 32.2. The van der Waals surface area contributed by atoms with Crippen LogP contribution >= 0.6 is 0 Å². The normalized spacial score (nSPS) is 20.1. The number of hydrogen-bond acceptors (Lipinski definition) is 2. The van der Waals surface area contributed by atoms with Crippen molar-refractivity contribution in [1.29, 1.82) is 0 Å². The molecule has 1 atom stereocenters. The van der Waals surface area contributed by atoms with Gasteiger partial charge in [-0.1, -0.05) is 6.07 Å². The minimum absolute atomic E-state index is 0.130. The number of hydrogen-bond donors (Lipinski definition) is 0. The molecular formula is C10H9F4NO2S. The predicted molar refractivity (Wildman–Crippen MR) is 57.0 cm³/mol. The second-order valence-corrected chi connectivity index (χ2v) is 5.88. The minimum atomic E-state index is -5.49. The molecular weight excluding hydrogens is 274 g/mol. The van der Waals surface area contributed by atoms with Crippen LogP contribution in [0.4, 0.5) is 23.2 Å². The third-order valence-corrected chi connectivity index (χ3v) is 4.41. The van der Waals surface area contributed by atoms with Crippen LogP contribution in [0.15, 0.2) is 18.2 Å². The smallest absolute Gasteiger partial charge is 0.259 e. The fourth-order valence-corrected chi connectivity index (χ4v) is 3.23. The van der Waals surface area contributed by atoms with Crippen LogP contribution in [0.1, 0.15) is 12.5 Å². The average Bonchev–Trinajstić information content (AvgIpc) is 2.51. The zero-order valence-electron chi connectivity index (χ0n) is 9.20. The van der Waals surface area contributed by atoms with E-state index < -0.39 is 27.4 Å². The quantitative estimate of drug-likeness (QED) is 0.742. The lowest BCUT2D eigenvalue weighted by Gasteiger charge is -2.25. The average molecular weight is 283 g/mol. The SMILES string of the molecule is C[C@@H]1Cc2ccc(F)cc2N1S(=O)(=O)C(F)(F)F. The molecule has 1 aromatic carbocycles. The molecule has 100 valence electrons. The van der Waals surface area contributed by atoms with Crippen LogP contribution in [0.3, 0.4) is 0 Å². The van der Waals surface area contributed by atoms with Crippen LogP contribution in [0, 0.1) is 5.82 Å². The summed E-state index contributed by atoms with van der Waals surface area (Å²) in [7, 11) is -5.49. The highest BCUT2D eigenvalue weighted by Gasteiger charge is 2.53. The maximum absolute atomic E-state index is 13.0.